The lowest BCUT2D eigenvalue weighted by Crippen LogP contribution is -2.39. The molecule has 0 spiro atoms. The number of carbonyl (C=O) groups excluding carboxylic acids is 2. The Morgan fingerprint density at radius 2 is 1.53 bits per heavy atom. The van der Waals surface area contributed by atoms with Gasteiger partial charge in [0.05, 0.1) is 12.2 Å². The minimum absolute atomic E-state index is 0.222. The quantitative estimate of drug-likeness (QED) is 0.595. The van der Waals surface area contributed by atoms with E-state index in [1.165, 1.54) is 4.90 Å². The molecule has 1 heterocycles. The molecule has 0 saturated carbocycles. The van der Waals surface area contributed by atoms with Gasteiger partial charge in [0.15, 0.2) is 0 Å². The average molecular weight is 407 g/mol. The van der Waals surface area contributed by atoms with Crippen LogP contribution in [0, 0.1) is 5.92 Å². The van der Waals surface area contributed by atoms with Crippen LogP contribution in [-0.4, -0.2) is 35.9 Å². The lowest BCUT2D eigenvalue weighted by Gasteiger charge is -2.25. The van der Waals surface area contributed by atoms with Crippen molar-refractivity contribution in [1.82, 2.24) is 4.90 Å². The second kappa shape index (κ2) is 9.16. The van der Waals surface area contributed by atoms with Crippen molar-refractivity contribution in [3.63, 3.8) is 0 Å². The summed E-state index contributed by atoms with van der Waals surface area (Å²) in [7, 11) is 0. The first-order valence-electron chi connectivity index (χ1n) is 10.5. The maximum atomic E-state index is 13.3. The van der Waals surface area contributed by atoms with Crippen LogP contribution in [0.5, 0.6) is 5.75 Å². The number of rotatable bonds is 8. The standard InChI is InChI=1S/C25H30N2O3/c1-6-26(20-10-8-7-9-11-20)23-22(24(28)27(18(4)5)25(23)29)19-12-14-21(15-13-19)30-16-17(2)3/h7-15,17-18H,6,16H2,1-5H3. The van der Waals surface area contributed by atoms with Crippen molar-refractivity contribution in [3.05, 3.63) is 65.9 Å². The van der Waals surface area contributed by atoms with Crippen LogP contribution in [0.1, 0.15) is 40.2 Å². The minimum Gasteiger partial charge on any atom is -0.493 e. The van der Waals surface area contributed by atoms with E-state index in [0.29, 0.717) is 30.3 Å². The van der Waals surface area contributed by atoms with Gasteiger partial charge in [-0.2, -0.15) is 0 Å². The summed E-state index contributed by atoms with van der Waals surface area (Å²) in [5, 5.41) is 0. The molecule has 0 aromatic heterocycles. The fourth-order valence-corrected chi connectivity index (χ4v) is 3.57. The number of imide groups is 1. The van der Waals surface area contributed by atoms with Crippen molar-refractivity contribution in [2.75, 3.05) is 18.1 Å². The van der Waals surface area contributed by atoms with Gasteiger partial charge >= 0.3 is 0 Å². The molecule has 0 saturated heterocycles. The highest BCUT2D eigenvalue weighted by Crippen LogP contribution is 2.35. The topological polar surface area (TPSA) is 49.9 Å². The number of para-hydroxylation sites is 1. The zero-order valence-corrected chi connectivity index (χ0v) is 18.4. The summed E-state index contributed by atoms with van der Waals surface area (Å²) < 4.78 is 5.77. The third kappa shape index (κ3) is 4.25. The molecule has 2 amide bonds. The van der Waals surface area contributed by atoms with Crippen molar-refractivity contribution in [3.8, 4) is 5.75 Å². The van der Waals surface area contributed by atoms with Crippen LogP contribution in [0.3, 0.4) is 0 Å². The summed E-state index contributed by atoms with van der Waals surface area (Å²) in [6, 6.07) is 16.9. The number of hydrogen-bond donors (Lipinski definition) is 0. The largest absolute Gasteiger partial charge is 0.493 e. The van der Waals surface area contributed by atoms with E-state index in [4.69, 9.17) is 4.74 Å². The molecule has 158 valence electrons. The van der Waals surface area contributed by atoms with Gasteiger partial charge in [0.1, 0.15) is 11.4 Å². The number of carbonyl (C=O) groups is 2. The Kier molecular flexibility index (Phi) is 6.60. The summed E-state index contributed by atoms with van der Waals surface area (Å²) in [6.45, 7) is 11.1. The number of amides is 2. The molecule has 1 aliphatic heterocycles. The number of ether oxygens (including phenoxy) is 1. The molecule has 0 N–H and O–H groups in total. The molecule has 0 unspecified atom stereocenters. The highest BCUT2D eigenvalue weighted by molar-refractivity contribution is 6.36. The summed E-state index contributed by atoms with van der Waals surface area (Å²) in [5.41, 5.74) is 2.47. The second-order valence-electron chi connectivity index (χ2n) is 8.11. The zero-order chi connectivity index (χ0) is 21.8. The molecule has 5 heteroatoms. The van der Waals surface area contributed by atoms with Gasteiger partial charge in [-0.3, -0.25) is 14.5 Å². The van der Waals surface area contributed by atoms with Gasteiger partial charge in [0.25, 0.3) is 11.8 Å². The van der Waals surface area contributed by atoms with Crippen LogP contribution < -0.4 is 9.64 Å². The molecule has 0 aliphatic carbocycles. The minimum atomic E-state index is -0.254. The second-order valence-corrected chi connectivity index (χ2v) is 8.11. The molecular weight excluding hydrogens is 376 g/mol. The van der Waals surface area contributed by atoms with Crippen LogP contribution >= 0.6 is 0 Å². The van der Waals surface area contributed by atoms with Crippen molar-refractivity contribution in [1.29, 1.82) is 0 Å². The van der Waals surface area contributed by atoms with E-state index >= 15 is 0 Å². The van der Waals surface area contributed by atoms with E-state index < -0.39 is 0 Å². The maximum absolute atomic E-state index is 13.3. The average Bonchev–Trinajstić information content (AvgIpc) is 2.98. The Hall–Kier alpha value is -3.08. The summed E-state index contributed by atoms with van der Waals surface area (Å²) in [4.78, 5) is 29.9. The summed E-state index contributed by atoms with van der Waals surface area (Å²) >= 11 is 0. The van der Waals surface area contributed by atoms with Gasteiger partial charge in [0.2, 0.25) is 0 Å². The molecular formula is C25H30N2O3. The van der Waals surface area contributed by atoms with Crippen LogP contribution in [-0.2, 0) is 9.59 Å². The first-order chi connectivity index (χ1) is 14.3. The number of nitrogens with zero attached hydrogens (tertiary/aromatic N) is 2. The van der Waals surface area contributed by atoms with Gasteiger partial charge in [-0.25, -0.2) is 0 Å². The molecule has 2 aromatic carbocycles. The molecule has 0 atom stereocenters. The Balaban J connectivity index is 2.07. The maximum Gasteiger partial charge on any atom is 0.278 e. The molecule has 30 heavy (non-hydrogen) atoms. The molecule has 5 nitrogen and oxygen atoms in total. The number of benzene rings is 2. The SMILES string of the molecule is CCN(C1=C(c2ccc(OCC(C)C)cc2)C(=O)N(C(C)C)C1=O)c1ccccc1. The third-order valence-corrected chi connectivity index (χ3v) is 4.99. The van der Waals surface area contributed by atoms with Gasteiger partial charge in [0, 0.05) is 18.3 Å². The van der Waals surface area contributed by atoms with Gasteiger partial charge in [-0.15, -0.1) is 0 Å². The van der Waals surface area contributed by atoms with E-state index in [-0.39, 0.29) is 17.9 Å². The number of likely N-dealkylation sites (N-methyl/N-ethyl adjacent to an activating group) is 1. The van der Waals surface area contributed by atoms with Crippen molar-refractivity contribution in [2.24, 2.45) is 5.92 Å². The first kappa shape index (κ1) is 21.6. The van der Waals surface area contributed by atoms with Crippen molar-refractivity contribution in [2.45, 2.75) is 40.7 Å². The number of anilines is 1. The predicted octanol–water partition coefficient (Wildman–Crippen LogP) is 4.74. The van der Waals surface area contributed by atoms with E-state index in [0.717, 1.165) is 17.0 Å². The van der Waals surface area contributed by atoms with Crippen molar-refractivity contribution < 1.29 is 14.3 Å². The Morgan fingerprint density at radius 3 is 2.07 bits per heavy atom. The molecule has 0 radical (unpaired) electrons. The van der Waals surface area contributed by atoms with Gasteiger partial charge in [-0.05, 0) is 56.5 Å². The van der Waals surface area contributed by atoms with E-state index in [2.05, 4.69) is 13.8 Å². The lowest BCUT2D eigenvalue weighted by molar-refractivity contribution is -0.138. The summed E-state index contributed by atoms with van der Waals surface area (Å²) in [6.07, 6.45) is 0. The third-order valence-electron chi connectivity index (χ3n) is 4.99. The van der Waals surface area contributed by atoms with Crippen LogP contribution in [0.4, 0.5) is 5.69 Å². The van der Waals surface area contributed by atoms with E-state index in [1.807, 2.05) is 80.3 Å². The van der Waals surface area contributed by atoms with Crippen molar-refractivity contribution >= 4 is 23.1 Å². The molecule has 3 rings (SSSR count). The molecule has 0 fully saturated rings. The van der Waals surface area contributed by atoms with Crippen LogP contribution in [0.15, 0.2) is 60.3 Å². The normalized spacial score (nSPS) is 14.3. The zero-order valence-electron chi connectivity index (χ0n) is 18.4. The van der Waals surface area contributed by atoms with E-state index in [9.17, 15) is 9.59 Å². The Labute approximate surface area is 178 Å². The van der Waals surface area contributed by atoms with Gasteiger partial charge in [-0.1, -0.05) is 44.2 Å². The lowest BCUT2D eigenvalue weighted by atomic mass is 10.0. The van der Waals surface area contributed by atoms with Gasteiger partial charge < -0.3 is 9.64 Å². The number of hydrogen-bond acceptors (Lipinski definition) is 4. The highest BCUT2D eigenvalue weighted by atomic mass is 16.5. The van der Waals surface area contributed by atoms with Crippen LogP contribution in [0.2, 0.25) is 0 Å². The molecule has 1 aliphatic rings. The smallest absolute Gasteiger partial charge is 0.278 e. The molecule has 0 bridgehead atoms. The monoisotopic (exact) mass is 406 g/mol. The summed E-state index contributed by atoms with van der Waals surface area (Å²) in [5.74, 6) is 0.671. The molecule has 2 aromatic rings. The Morgan fingerprint density at radius 1 is 0.900 bits per heavy atom. The van der Waals surface area contributed by atoms with Crippen LogP contribution in [0.25, 0.3) is 5.57 Å². The fourth-order valence-electron chi connectivity index (χ4n) is 3.57. The Bertz CT molecular complexity index is 931. The highest BCUT2D eigenvalue weighted by Gasteiger charge is 2.42. The van der Waals surface area contributed by atoms with E-state index in [1.54, 1.807) is 0 Å². The predicted molar refractivity (Wildman–Crippen MR) is 120 cm³/mol. The fraction of sp³-hybridized carbons (Fsp3) is 0.360. The first-order valence-corrected chi connectivity index (χ1v) is 10.5.